The fourth-order valence-corrected chi connectivity index (χ4v) is 2.93. The zero-order valence-electron chi connectivity index (χ0n) is 10.7. The molecule has 0 saturated carbocycles. The molecule has 0 atom stereocenters. The maximum Gasteiger partial charge on any atom is 0.374 e. The number of aromatic nitrogens is 1. The molecule has 0 radical (unpaired) electrons. The monoisotopic (exact) mass is 270 g/mol. The molecule has 18 heavy (non-hydrogen) atoms. The molecule has 1 aliphatic rings. The molecule has 0 spiro atoms. The van der Waals surface area contributed by atoms with E-state index in [2.05, 4.69) is 24.1 Å². The van der Waals surface area contributed by atoms with E-state index in [1.54, 1.807) is 6.07 Å². The van der Waals surface area contributed by atoms with Crippen molar-refractivity contribution in [2.45, 2.75) is 45.2 Å². The second-order valence-corrected chi connectivity index (χ2v) is 6.38. The Balaban J connectivity index is 2.39. The van der Waals surface area contributed by atoms with Gasteiger partial charge in [-0.15, -0.1) is 0 Å². The predicted octanol–water partition coefficient (Wildman–Crippen LogP) is 1.09. The van der Waals surface area contributed by atoms with Crippen molar-refractivity contribution in [3.8, 4) is 0 Å². The van der Waals surface area contributed by atoms with E-state index < -0.39 is 7.60 Å². The minimum atomic E-state index is -4.25. The average Bonchev–Trinajstić information content (AvgIpc) is 2.36. The van der Waals surface area contributed by atoms with Crippen molar-refractivity contribution in [1.82, 2.24) is 10.3 Å². The highest BCUT2D eigenvalue weighted by atomic mass is 31.2. The minimum absolute atomic E-state index is 0.00746. The molecular weight excluding hydrogens is 251 g/mol. The van der Waals surface area contributed by atoms with Gasteiger partial charge in [0.25, 0.3) is 0 Å². The van der Waals surface area contributed by atoms with Gasteiger partial charge >= 0.3 is 7.60 Å². The van der Waals surface area contributed by atoms with Gasteiger partial charge < -0.3 is 15.1 Å². The normalized spacial score (nSPS) is 18.4. The lowest BCUT2D eigenvalue weighted by atomic mass is 9.83. The highest BCUT2D eigenvalue weighted by Gasteiger charge is 2.32. The average molecular weight is 270 g/mol. The zero-order valence-corrected chi connectivity index (χ0v) is 11.6. The third-order valence-corrected chi connectivity index (χ3v) is 4.71. The summed E-state index contributed by atoms with van der Waals surface area (Å²) in [6.45, 7) is 4.95. The van der Waals surface area contributed by atoms with Crippen molar-refractivity contribution < 1.29 is 14.4 Å². The first-order valence-electron chi connectivity index (χ1n) is 6.20. The number of pyridine rings is 1. The Morgan fingerprint density at radius 1 is 1.39 bits per heavy atom. The van der Waals surface area contributed by atoms with Gasteiger partial charge in [0.2, 0.25) is 0 Å². The van der Waals surface area contributed by atoms with Crippen LogP contribution < -0.4 is 10.8 Å². The van der Waals surface area contributed by atoms with Crippen molar-refractivity contribution in [1.29, 1.82) is 0 Å². The smallest absolute Gasteiger partial charge is 0.320 e. The summed E-state index contributed by atoms with van der Waals surface area (Å²) in [7, 11) is -4.25. The third-order valence-electron chi connectivity index (χ3n) is 3.87. The SMILES string of the molecule is CCC1(CC)Cc2nc(P(=O)(O)O)ccc2CN1. The topological polar surface area (TPSA) is 82.5 Å². The summed E-state index contributed by atoms with van der Waals surface area (Å²) >= 11 is 0. The van der Waals surface area contributed by atoms with Crippen LogP contribution in [0.4, 0.5) is 0 Å². The van der Waals surface area contributed by atoms with Crippen LogP contribution in [-0.4, -0.2) is 20.3 Å². The van der Waals surface area contributed by atoms with Crippen LogP contribution in [0.5, 0.6) is 0 Å². The molecule has 0 aliphatic carbocycles. The number of hydrogen-bond donors (Lipinski definition) is 3. The summed E-state index contributed by atoms with van der Waals surface area (Å²) in [5.41, 5.74) is 1.74. The van der Waals surface area contributed by atoms with Crippen LogP contribution in [0.25, 0.3) is 0 Å². The van der Waals surface area contributed by atoms with Gasteiger partial charge in [-0.25, -0.2) is 4.98 Å². The number of fused-ring (bicyclic) bond motifs is 1. The highest BCUT2D eigenvalue weighted by Crippen LogP contribution is 2.34. The summed E-state index contributed by atoms with van der Waals surface area (Å²) in [4.78, 5) is 22.5. The Hall–Kier alpha value is -0.740. The lowest BCUT2D eigenvalue weighted by Crippen LogP contribution is -2.49. The van der Waals surface area contributed by atoms with Gasteiger partial charge in [0.15, 0.2) is 5.44 Å². The number of rotatable bonds is 3. The Kier molecular flexibility index (Phi) is 3.60. The van der Waals surface area contributed by atoms with Crippen LogP contribution in [0.15, 0.2) is 12.1 Å². The van der Waals surface area contributed by atoms with Gasteiger partial charge in [0.05, 0.1) is 0 Å². The number of nitrogens with zero attached hydrogens (tertiary/aromatic N) is 1. The standard InChI is InChI=1S/C12H19N2O3P/c1-3-12(4-2)7-10-9(8-13-12)5-6-11(14-10)18(15,16)17/h5-6,13H,3-4,7-8H2,1-2H3,(H2,15,16,17). The van der Waals surface area contributed by atoms with Crippen LogP contribution in [0.1, 0.15) is 37.9 Å². The van der Waals surface area contributed by atoms with Crippen LogP contribution in [-0.2, 0) is 17.5 Å². The molecule has 1 aliphatic heterocycles. The van der Waals surface area contributed by atoms with E-state index in [1.165, 1.54) is 6.07 Å². The maximum absolute atomic E-state index is 11.2. The molecule has 5 nitrogen and oxygen atoms in total. The lowest BCUT2D eigenvalue weighted by molar-refractivity contribution is 0.276. The Morgan fingerprint density at radius 2 is 2.06 bits per heavy atom. The first-order chi connectivity index (χ1) is 8.40. The van der Waals surface area contributed by atoms with E-state index in [0.717, 1.165) is 30.5 Å². The number of hydrogen-bond acceptors (Lipinski definition) is 3. The summed E-state index contributed by atoms with van der Waals surface area (Å²) in [5, 5.41) is 3.51. The summed E-state index contributed by atoms with van der Waals surface area (Å²) in [6, 6.07) is 3.19. The van der Waals surface area contributed by atoms with Crippen LogP contribution in [0.3, 0.4) is 0 Å². The van der Waals surface area contributed by atoms with Gasteiger partial charge in [-0.05, 0) is 24.5 Å². The van der Waals surface area contributed by atoms with Crippen molar-refractivity contribution in [2.75, 3.05) is 0 Å². The zero-order chi connectivity index (χ0) is 13.4. The third kappa shape index (κ3) is 2.50. The maximum atomic E-state index is 11.2. The van der Waals surface area contributed by atoms with E-state index >= 15 is 0 Å². The van der Waals surface area contributed by atoms with E-state index in [1.807, 2.05) is 0 Å². The van der Waals surface area contributed by atoms with E-state index in [0.29, 0.717) is 6.54 Å². The van der Waals surface area contributed by atoms with E-state index in [9.17, 15) is 4.57 Å². The second-order valence-electron chi connectivity index (χ2n) is 4.84. The molecule has 6 heteroatoms. The molecule has 0 aromatic carbocycles. The first kappa shape index (κ1) is 13.7. The van der Waals surface area contributed by atoms with E-state index in [4.69, 9.17) is 9.79 Å². The fourth-order valence-electron chi connectivity index (χ4n) is 2.41. The molecule has 0 amide bonds. The largest absolute Gasteiger partial charge is 0.374 e. The molecular formula is C12H19N2O3P. The molecule has 0 unspecified atom stereocenters. The summed E-state index contributed by atoms with van der Waals surface area (Å²) in [5.74, 6) is 0. The van der Waals surface area contributed by atoms with Crippen molar-refractivity contribution in [2.24, 2.45) is 0 Å². The first-order valence-corrected chi connectivity index (χ1v) is 7.81. The quantitative estimate of drug-likeness (QED) is 0.716. The lowest BCUT2D eigenvalue weighted by Gasteiger charge is -2.37. The van der Waals surface area contributed by atoms with Gasteiger partial charge in [-0.2, -0.15) is 0 Å². The molecule has 2 heterocycles. The predicted molar refractivity (Wildman–Crippen MR) is 69.8 cm³/mol. The molecule has 1 aromatic rings. The molecule has 0 fully saturated rings. The summed E-state index contributed by atoms with van der Waals surface area (Å²) in [6.07, 6.45) is 2.68. The van der Waals surface area contributed by atoms with Gasteiger partial charge in [0, 0.05) is 24.2 Å². The molecule has 3 N–H and O–H groups in total. The molecule has 0 saturated heterocycles. The van der Waals surface area contributed by atoms with E-state index in [-0.39, 0.29) is 11.0 Å². The molecule has 0 bridgehead atoms. The van der Waals surface area contributed by atoms with Crippen LogP contribution >= 0.6 is 7.60 Å². The van der Waals surface area contributed by atoms with Gasteiger partial charge in [-0.3, -0.25) is 4.57 Å². The molecule has 2 rings (SSSR count). The Bertz CT molecular complexity index is 494. The summed E-state index contributed by atoms with van der Waals surface area (Å²) < 4.78 is 11.2. The minimum Gasteiger partial charge on any atom is -0.320 e. The van der Waals surface area contributed by atoms with Crippen molar-refractivity contribution >= 4 is 13.0 Å². The second kappa shape index (κ2) is 4.74. The van der Waals surface area contributed by atoms with Gasteiger partial charge in [0.1, 0.15) is 0 Å². The van der Waals surface area contributed by atoms with Crippen LogP contribution in [0.2, 0.25) is 0 Å². The molecule has 100 valence electrons. The highest BCUT2D eigenvalue weighted by molar-refractivity contribution is 7.60. The molecule has 1 aromatic heterocycles. The fraction of sp³-hybridized carbons (Fsp3) is 0.583. The Labute approximate surface area is 107 Å². The van der Waals surface area contributed by atoms with Crippen molar-refractivity contribution in [3.05, 3.63) is 23.4 Å². The number of nitrogens with one attached hydrogen (secondary N) is 1. The Morgan fingerprint density at radius 3 is 2.61 bits per heavy atom. The van der Waals surface area contributed by atoms with Crippen molar-refractivity contribution in [3.63, 3.8) is 0 Å². The van der Waals surface area contributed by atoms with Gasteiger partial charge in [-0.1, -0.05) is 19.9 Å². The van der Waals surface area contributed by atoms with Crippen LogP contribution in [0, 0.1) is 0 Å².